The van der Waals surface area contributed by atoms with Gasteiger partial charge in [-0.2, -0.15) is 9.78 Å². The summed E-state index contributed by atoms with van der Waals surface area (Å²) in [6.45, 7) is 0.218. The maximum absolute atomic E-state index is 13.9. The highest BCUT2D eigenvalue weighted by Gasteiger charge is 2.29. The number of hydrogen-bond acceptors (Lipinski definition) is 9. The van der Waals surface area contributed by atoms with Crippen molar-refractivity contribution < 1.29 is 23.5 Å². The summed E-state index contributed by atoms with van der Waals surface area (Å²) < 4.78 is 19.9. The van der Waals surface area contributed by atoms with Gasteiger partial charge in [-0.05, 0) is 64.9 Å². The number of nitrogens with one attached hydrogen (secondary N) is 3. The van der Waals surface area contributed by atoms with E-state index in [1.165, 1.54) is 41.2 Å². The van der Waals surface area contributed by atoms with Crippen LogP contribution in [-0.2, 0) is 14.3 Å². The molecule has 5 rings (SSSR count). The average Bonchev–Trinajstić information content (AvgIpc) is 3.73. The minimum Gasteiger partial charge on any atom is -0.453 e. The lowest BCUT2D eigenvalue weighted by Gasteiger charge is -2.21. The van der Waals surface area contributed by atoms with Crippen molar-refractivity contribution in [3.8, 4) is 16.8 Å². The fraction of sp³-hybridized carbons (Fsp3) is 0.241. The Morgan fingerprint density at radius 3 is 2.69 bits per heavy atom. The van der Waals surface area contributed by atoms with Gasteiger partial charge in [0.2, 0.25) is 11.8 Å². The second-order valence-electron chi connectivity index (χ2n) is 10.0. The number of likely N-dealkylation sites (tertiary alicyclic amines) is 1. The van der Waals surface area contributed by atoms with Gasteiger partial charge < -0.3 is 15.0 Å². The van der Waals surface area contributed by atoms with Gasteiger partial charge in [0, 0.05) is 28.9 Å². The van der Waals surface area contributed by atoms with Crippen LogP contribution < -0.4 is 16.2 Å². The van der Waals surface area contributed by atoms with Crippen molar-refractivity contribution in [3.63, 3.8) is 0 Å². The number of tetrazole rings is 1. The van der Waals surface area contributed by atoms with Gasteiger partial charge in [0.1, 0.15) is 12.5 Å². The molecule has 2 aromatic heterocycles. The molecule has 4 aromatic rings. The number of carbonyl (C=O) groups excluding carboxylic acids is 3. The van der Waals surface area contributed by atoms with Crippen LogP contribution in [0.2, 0.25) is 5.02 Å². The highest BCUT2D eigenvalue weighted by Crippen LogP contribution is 2.24. The van der Waals surface area contributed by atoms with E-state index in [2.05, 4.69) is 41.1 Å². The van der Waals surface area contributed by atoms with Crippen LogP contribution in [0.1, 0.15) is 30.1 Å². The van der Waals surface area contributed by atoms with Crippen molar-refractivity contribution in [1.82, 2.24) is 40.6 Å². The number of anilines is 1. The van der Waals surface area contributed by atoms with Gasteiger partial charge in [0.05, 0.1) is 43.1 Å². The second kappa shape index (κ2) is 13.9. The number of methoxy groups -OCH3 is 1. The van der Waals surface area contributed by atoms with E-state index < -0.39 is 29.8 Å². The number of H-pyrrole nitrogens is 1. The molecule has 0 spiro atoms. The predicted octanol–water partition coefficient (Wildman–Crippen LogP) is 3.08. The molecular formula is C29H27ClFN9O5. The molecule has 0 unspecified atom stereocenters. The summed E-state index contributed by atoms with van der Waals surface area (Å²) in [7, 11) is 1.24. The van der Waals surface area contributed by atoms with Gasteiger partial charge in [0.25, 0.3) is 5.56 Å². The molecule has 0 radical (unpaired) electrons. The number of nitrogens with zero attached hydrogens (tertiary/aromatic N) is 6. The third-order valence-electron chi connectivity index (χ3n) is 6.99. The second-order valence-corrected chi connectivity index (χ2v) is 10.4. The number of alkyl halides is 1. The van der Waals surface area contributed by atoms with Gasteiger partial charge in [0.15, 0.2) is 0 Å². The molecule has 0 saturated carbocycles. The minimum absolute atomic E-state index is 0.0374. The number of benzene rings is 2. The lowest BCUT2D eigenvalue weighted by atomic mass is 10.0. The van der Waals surface area contributed by atoms with Crippen LogP contribution in [0.4, 0.5) is 14.9 Å². The van der Waals surface area contributed by atoms with Crippen LogP contribution in [0.5, 0.6) is 0 Å². The molecule has 3 N–H and O–H groups in total. The first-order chi connectivity index (χ1) is 21.7. The molecule has 3 amide bonds. The Morgan fingerprint density at radius 1 is 1.20 bits per heavy atom. The lowest BCUT2D eigenvalue weighted by molar-refractivity contribution is -0.131. The molecule has 2 aromatic carbocycles. The molecule has 1 saturated heterocycles. The third-order valence-corrected chi connectivity index (χ3v) is 7.22. The first kappa shape index (κ1) is 31.0. The van der Waals surface area contributed by atoms with E-state index in [1.807, 2.05) is 0 Å². The summed E-state index contributed by atoms with van der Waals surface area (Å²) >= 11 is 6.18. The van der Waals surface area contributed by atoms with E-state index in [-0.39, 0.29) is 43.1 Å². The Balaban J connectivity index is 1.41. The third kappa shape index (κ3) is 7.75. The van der Waals surface area contributed by atoms with Gasteiger partial charge in [-0.15, -0.1) is 5.10 Å². The Hall–Kier alpha value is -5.44. The Kier molecular flexibility index (Phi) is 9.57. The molecule has 1 aliphatic heterocycles. The summed E-state index contributed by atoms with van der Waals surface area (Å²) in [5, 5.41) is 23.4. The first-order valence-electron chi connectivity index (χ1n) is 13.7. The number of ether oxygens (including phenoxy) is 1. The average molecular weight is 636 g/mol. The molecule has 0 bridgehead atoms. The van der Waals surface area contributed by atoms with Crippen molar-refractivity contribution in [3.05, 3.63) is 87.6 Å². The van der Waals surface area contributed by atoms with Gasteiger partial charge >= 0.3 is 6.09 Å². The summed E-state index contributed by atoms with van der Waals surface area (Å²) in [5.74, 6) is -0.957. The molecule has 3 heterocycles. The molecule has 2 atom stereocenters. The zero-order valence-electron chi connectivity index (χ0n) is 23.8. The maximum atomic E-state index is 13.9. The molecule has 1 aliphatic rings. The summed E-state index contributed by atoms with van der Waals surface area (Å²) in [4.78, 5) is 52.0. The topological polar surface area (TPSA) is 177 Å². The van der Waals surface area contributed by atoms with Crippen molar-refractivity contribution in [2.24, 2.45) is 0 Å². The number of carbonyl (C=O) groups is 3. The van der Waals surface area contributed by atoms with Crippen LogP contribution >= 0.6 is 11.6 Å². The number of rotatable bonds is 9. The van der Waals surface area contributed by atoms with Crippen LogP contribution in [0, 0.1) is 0 Å². The molecular weight excluding hydrogens is 609 g/mol. The van der Waals surface area contributed by atoms with Gasteiger partial charge in [-0.3, -0.25) is 19.7 Å². The van der Waals surface area contributed by atoms with E-state index in [4.69, 9.17) is 11.6 Å². The number of halogens is 2. The van der Waals surface area contributed by atoms with E-state index in [9.17, 15) is 23.6 Å². The fourth-order valence-corrected chi connectivity index (χ4v) is 4.90. The first-order valence-corrected chi connectivity index (χ1v) is 14.1. The van der Waals surface area contributed by atoms with Gasteiger partial charge in [-0.1, -0.05) is 23.7 Å². The van der Waals surface area contributed by atoms with Crippen molar-refractivity contribution in [2.75, 3.05) is 25.5 Å². The minimum atomic E-state index is -1.12. The highest BCUT2D eigenvalue weighted by atomic mass is 35.5. The molecule has 232 valence electrons. The molecule has 1 fully saturated rings. The smallest absolute Gasteiger partial charge is 0.411 e. The van der Waals surface area contributed by atoms with Crippen molar-refractivity contribution in [1.29, 1.82) is 0 Å². The van der Waals surface area contributed by atoms with Gasteiger partial charge in [-0.25, -0.2) is 14.3 Å². The SMILES string of the molecule is COC(=O)Nc1ccc(-c2cc([C@H](CC(=O)N3CC[C@H](F)C3)NC(=O)C=Cc3cc(Cl)ccc3-n3cnnn3)n[nH]c2=O)cc1. The lowest BCUT2D eigenvalue weighted by Crippen LogP contribution is -2.36. The van der Waals surface area contributed by atoms with Crippen LogP contribution in [0.15, 0.2) is 65.7 Å². The van der Waals surface area contributed by atoms with Crippen LogP contribution in [0.25, 0.3) is 22.9 Å². The Bertz CT molecular complexity index is 1780. The summed E-state index contributed by atoms with van der Waals surface area (Å²) in [6.07, 6.45) is 2.39. The van der Waals surface area contributed by atoms with E-state index in [0.29, 0.717) is 27.5 Å². The summed E-state index contributed by atoms with van der Waals surface area (Å²) in [6, 6.07) is 11.8. The number of amides is 3. The Labute approximate surface area is 260 Å². The molecule has 0 aliphatic carbocycles. The standard InChI is InChI=1S/C29H27ClFN9O5/c1-45-29(44)33-21-6-2-17(3-7-21)22-13-24(35-36-28(22)43)23(14-27(42)39-11-10-20(31)15-39)34-26(41)9-4-18-12-19(30)5-8-25(18)40-16-32-37-38-40/h2-9,12-13,16,20,23H,10-11,14-15H2,1H3,(H,33,44)(H,34,41)(H,36,43)/t20-,23-/m0/s1. The number of hydrogen-bond donors (Lipinski definition) is 3. The van der Waals surface area contributed by atoms with Crippen molar-refractivity contribution >= 4 is 41.3 Å². The molecule has 14 nitrogen and oxygen atoms in total. The van der Waals surface area contributed by atoms with E-state index in [0.717, 1.165) is 0 Å². The van der Waals surface area contributed by atoms with E-state index >= 15 is 0 Å². The maximum Gasteiger partial charge on any atom is 0.411 e. The predicted molar refractivity (Wildman–Crippen MR) is 161 cm³/mol. The zero-order valence-corrected chi connectivity index (χ0v) is 24.6. The highest BCUT2D eigenvalue weighted by molar-refractivity contribution is 6.30. The van der Waals surface area contributed by atoms with E-state index in [1.54, 1.807) is 42.5 Å². The summed E-state index contributed by atoms with van der Waals surface area (Å²) in [5.41, 5.74) is 1.93. The quantitative estimate of drug-likeness (QED) is 0.233. The number of aromatic nitrogens is 6. The van der Waals surface area contributed by atoms with Crippen LogP contribution in [0.3, 0.4) is 0 Å². The molecule has 45 heavy (non-hydrogen) atoms. The normalized spacial score (nSPS) is 15.2. The fourth-order valence-electron chi connectivity index (χ4n) is 4.72. The van der Waals surface area contributed by atoms with Crippen molar-refractivity contribution in [2.45, 2.75) is 25.1 Å². The Morgan fingerprint density at radius 2 is 2.00 bits per heavy atom. The molecule has 16 heteroatoms. The van der Waals surface area contributed by atoms with Crippen LogP contribution in [-0.4, -0.2) is 79.6 Å². The monoisotopic (exact) mass is 635 g/mol. The zero-order chi connectivity index (χ0) is 31.9. The number of aromatic amines is 1. The largest absolute Gasteiger partial charge is 0.453 e.